The molecule has 0 bridgehead atoms. The number of halogens is 3. The van der Waals surface area contributed by atoms with E-state index in [-0.39, 0.29) is 5.69 Å². The summed E-state index contributed by atoms with van der Waals surface area (Å²) in [6.45, 7) is 3.26. The smallest absolute Gasteiger partial charge is 0.404 e. The molecule has 10 heteroatoms. The van der Waals surface area contributed by atoms with Crippen LogP contribution in [-0.2, 0) is 10.0 Å². The Morgan fingerprint density at radius 2 is 1.61 bits per heavy atom. The molecule has 0 aliphatic carbocycles. The third-order valence-corrected chi connectivity index (χ3v) is 5.28. The molecule has 0 radical (unpaired) electrons. The molecule has 0 spiro atoms. The van der Waals surface area contributed by atoms with E-state index in [9.17, 15) is 21.6 Å². The van der Waals surface area contributed by atoms with E-state index in [0.29, 0.717) is 17.1 Å². The van der Waals surface area contributed by atoms with Crippen LogP contribution in [0.15, 0.2) is 59.5 Å². The molecule has 1 heterocycles. The number of aryl methyl sites for hydroxylation is 1. The second-order valence-electron chi connectivity index (χ2n) is 5.89. The molecule has 0 saturated carbocycles. The molecular weight excluding hydrogens is 395 g/mol. The summed E-state index contributed by atoms with van der Waals surface area (Å²) < 4.78 is 71.1. The number of alkyl halides is 3. The predicted molar refractivity (Wildman–Crippen MR) is 97.0 cm³/mol. The van der Waals surface area contributed by atoms with Crippen LogP contribution < -0.4 is 9.46 Å². The number of benzene rings is 2. The third-order valence-electron chi connectivity index (χ3n) is 3.89. The molecule has 0 aliphatic rings. The summed E-state index contributed by atoms with van der Waals surface area (Å²) in [5, 5.41) is 4.32. The van der Waals surface area contributed by atoms with Gasteiger partial charge >= 0.3 is 6.36 Å². The van der Waals surface area contributed by atoms with Crippen molar-refractivity contribution in [1.82, 2.24) is 9.78 Å². The molecule has 1 aromatic heterocycles. The number of ether oxygens (including phenoxy) is 1. The molecule has 3 aromatic rings. The van der Waals surface area contributed by atoms with Gasteiger partial charge in [0.25, 0.3) is 10.0 Å². The average Bonchev–Trinajstić information content (AvgIpc) is 2.89. The largest absolute Gasteiger partial charge is 0.573 e. The maximum Gasteiger partial charge on any atom is 0.573 e. The van der Waals surface area contributed by atoms with Crippen LogP contribution in [0.1, 0.15) is 11.4 Å². The Hall–Kier alpha value is -3.01. The molecule has 0 atom stereocenters. The predicted octanol–water partition coefficient (Wildman–Crippen LogP) is 4.19. The number of nitrogens with zero attached hydrogens (tertiary/aromatic N) is 2. The van der Waals surface area contributed by atoms with E-state index in [4.69, 9.17) is 0 Å². The van der Waals surface area contributed by atoms with Crippen LogP contribution in [0.2, 0.25) is 0 Å². The van der Waals surface area contributed by atoms with Crippen molar-refractivity contribution in [1.29, 1.82) is 0 Å². The fraction of sp³-hybridized carbons (Fsp3) is 0.167. The van der Waals surface area contributed by atoms with Gasteiger partial charge in [0.15, 0.2) is 0 Å². The summed E-state index contributed by atoms with van der Waals surface area (Å²) in [6.07, 6.45) is -5.02. The number of hydrogen-bond donors (Lipinski definition) is 1. The van der Waals surface area contributed by atoms with Gasteiger partial charge in [-0.25, -0.2) is 13.1 Å². The van der Waals surface area contributed by atoms with Gasteiger partial charge < -0.3 is 4.74 Å². The SMILES string of the molecule is Cc1nn(-c2ccccc2)c(C)c1NS(=O)(=O)c1ccccc1OC(F)(F)F. The van der Waals surface area contributed by atoms with Crippen molar-refractivity contribution in [2.75, 3.05) is 4.72 Å². The van der Waals surface area contributed by atoms with Crippen molar-refractivity contribution in [3.8, 4) is 11.4 Å². The lowest BCUT2D eigenvalue weighted by atomic mass is 10.3. The van der Waals surface area contributed by atoms with Crippen LogP contribution in [0.25, 0.3) is 5.69 Å². The number of hydrogen-bond acceptors (Lipinski definition) is 4. The van der Waals surface area contributed by atoms with Gasteiger partial charge in [-0.3, -0.25) is 4.72 Å². The number of anilines is 1. The van der Waals surface area contributed by atoms with E-state index in [1.54, 1.807) is 42.8 Å². The number of para-hydroxylation sites is 2. The van der Waals surface area contributed by atoms with Gasteiger partial charge in [0, 0.05) is 0 Å². The van der Waals surface area contributed by atoms with Crippen molar-refractivity contribution < 1.29 is 26.3 Å². The van der Waals surface area contributed by atoms with E-state index >= 15 is 0 Å². The van der Waals surface area contributed by atoms with E-state index < -0.39 is 27.0 Å². The Kier molecular flexibility index (Phi) is 5.07. The van der Waals surface area contributed by atoms with Gasteiger partial charge in [-0.05, 0) is 38.1 Å². The van der Waals surface area contributed by atoms with Gasteiger partial charge in [0.1, 0.15) is 10.6 Å². The monoisotopic (exact) mass is 411 g/mol. The highest BCUT2D eigenvalue weighted by Gasteiger charge is 2.34. The lowest BCUT2D eigenvalue weighted by Gasteiger charge is -2.14. The molecule has 0 saturated heterocycles. The molecule has 0 fully saturated rings. The zero-order valence-electron chi connectivity index (χ0n) is 14.9. The zero-order chi connectivity index (χ0) is 20.5. The van der Waals surface area contributed by atoms with E-state index in [2.05, 4.69) is 14.6 Å². The number of sulfonamides is 1. The molecule has 3 rings (SSSR count). The molecule has 0 aliphatic heterocycles. The standard InChI is InChI=1S/C18H16F3N3O3S/c1-12-17(13(2)24(22-12)14-8-4-3-5-9-14)23-28(25,26)16-11-7-6-10-15(16)27-18(19,20)21/h3-11,23H,1-2H3. The summed E-state index contributed by atoms with van der Waals surface area (Å²) in [5.74, 6) is -0.812. The highest BCUT2D eigenvalue weighted by molar-refractivity contribution is 7.92. The first-order valence-corrected chi connectivity index (χ1v) is 9.56. The van der Waals surface area contributed by atoms with Gasteiger partial charge in [0.2, 0.25) is 0 Å². The highest BCUT2D eigenvalue weighted by Crippen LogP contribution is 2.32. The lowest BCUT2D eigenvalue weighted by molar-refractivity contribution is -0.275. The fourth-order valence-corrected chi connectivity index (χ4v) is 3.99. The minimum atomic E-state index is -5.02. The second kappa shape index (κ2) is 7.19. The molecule has 0 amide bonds. The summed E-state index contributed by atoms with van der Waals surface area (Å²) >= 11 is 0. The Labute approximate surface area is 159 Å². The summed E-state index contributed by atoms with van der Waals surface area (Å²) in [4.78, 5) is -0.626. The quantitative estimate of drug-likeness (QED) is 0.683. The maximum absolute atomic E-state index is 12.8. The van der Waals surface area contributed by atoms with Gasteiger partial charge in [-0.2, -0.15) is 5.10 Å². The topological polar surface area (TPSA) is 73.2 Å². The Bertz CT molecular complexity index is 1090. The van der Waals surface area contributed by atoms with Gasteiger partial charge in [0.05, 0.1) is 22.8 Å². The van der Waals surface area contributed by atoms with Crippen LogP contribution in [0.5, 0.6) is 5.75 Å². The Balaban J connectivity index is 2.00. The van der Waals surface area contributed by atoms with E-state index in [1.807, 2.05) is 6.07 Å². The third kappa shape index (κ3) is 4.11. The van der Waals surface area contributed by atoms with Gasteiger partial charge in [-0.1, -0.05) is 30.3 Å². The van der Waals surface area contributed by atoms with Crippen molar-refractivity contribution in [3.63, 3.8) is 0 Å². The molecular formula is C18H16F3N3O3S. The number of nitrogens with one attached hydrogen (secondary N) is 1. The normalized spacial score (nSPS) is 12.0. The molecule has 2 aromatic carbocycles. The average molecular weight is 411 g/mol. The Morgan fingerprint density at radius 1 is 1.00 bits per heavy atom. The first kappa shape index (κ1) is 19.7. The van der Waals surface area contributed by atoms with Crippen LogP contribution in [0, 0.1) is 13.8 Å². The summed E-state index contributed by atoms with van der Waals surface area (Å²) in [5.41, 5.74) is 1.76. The van der Waals surface area contributed by atoms with Crippen molar-refractivity contribution in [3.05, 3.63) is 66.0 Å². The Morgan fingerprint density at radius 3 is 2.25 bits per heavy atom. The van der Waals surface area contributed by atoms with Crippen LogP contribution in [0.3, 0.4) is 0 Å². The maximum atomic E-state index is 12.8. The van der Waals surface area contributed by atoms with Crippen molar-refractivity contribution in [2.45, 2.75) is 25.1 Å². The molecule has 28 heavy (non-hydrogen) atoms. The van der Waals surface area contributed by atoms with E-state index in [1.165, 1.54) is 12.1 Å². The second-order valence-corrected chi connectivity index (χ2v) is 7.54. The van der Waals surface area contributed by atoms with Crippen LogP contribution in [-0.4, -0.2) is 24.6 Å². The minimum absolute atomic E-state index is 0.186. The summed E-state index contributed by atoms with van der Waals surface area (Å²) in [6, 6.07) is 13.6. The number of aromatic nitrogens is 2. The molecule has 0 unspecified atom stereocenters. The van der Waals surface area contributed by atoms with Gasteiger partial charge in [-0.15, -0.1) is 13.2 Å². The summed E-state index contributed by atoms with van der Waals surface area (Å²) in [7, 11) is -4.36. The molecule has 1 N–H and O–H groups in total. The van der Waals surface area contributed by atoms with Crippen molar-refractivity contribution in [2.24, 2.45) is 0 Å². The minimum Gasteiger partial charge on any atom is -0.404 e. The first-order chi connectivity index (χ1) is 13.1. The van der Waals surface area contributed by atoms with Crippen LogP contribution >= 0.6 is 0 Å². The highest BCUT2D eigenvalue weighted by atomic mass is 32.2. The lowest BCUT2D eigenvalue weighted by Crippen LogP contribution is -2.21. The first-order valence-electron chi connectivity index (χ1n) is 8.08. The number of rotatable bonds is 5. The van der Waals surface area contributed by atoms with Crippen LogP contribution in [0.4, 0.5) is 18.9 Å². The zero-order valence-corrected chi connectivity index (χ0v) is 15.7. The molecule has 6 nitrogen and oxygen atoms in total. The van der Waals surface area contributed by atoms with E-state index in [0.717, 1.165) is 12.1 Å². The molecule has 148 valence electrons. The fourth-order valence-electron chi connectivity index (χ4n) is 2.68. The van der Waals surface area contributed by atoms with Crippen molar-refractivity contribution >= 4 is 15.7 Å².